The molecule has 0 atom stereocenters. The fraction of sp³-hybridized carbons (Fsp3) is 0.208. The van der Waals surface area contributed by atoms with E-state index in [1.165, 1.54) is 11.1 Å². The monoisotopic (exact) mass is 400 g/mol. The summed E-state index contributed by atoms with van der Waals surface area (Å²) in [7, 11) is 0. The van der Waals surface area contributed by atoms with Crippen molar-refractivity contribution in [2.75, 3.05) is 6.54 Å². The molecule has 0 unspecified atom stereocenters. The molecule has 0 saturated carbocycles. The molecule has 0 aliphatic carbocycles. The van der Waals surface area contributed by atoms with Crippen molar-refractivity contribution in [1.82, 2.24) is 10.3 Å². The van der Waals surface area contributed by atoms with Gasteiger partial charge in [-0.25, -0.2) is 0 Å². The molecule has 6 heteroatoms. The molecule has 154 valence electrons. The molecule has 7 N–H and O–H groups in total. The van der Waals surface area contributed by atoms with Gasteiger partial charge in [0.25, 0.3) is 0 Å². The Hall–Kier alpha value is -3.67. The highest BCUT2D eigenvalue weighted by Crippen LogP contribution is 2.27. The molecule has 0 amide bonds. The number of hydrogen-bond donors (Lipinski definition) is 5. The molecule has 0 saturated heterocycles. The molecular weight excluding hydrogens is 372 g/mol. The van der Waals surface area contributed by atoms with Crippen LogP contribution in [0.15, 0.2) is 67.0 Å². The first-order valence-electron chi connectivity index (χ1n) is 10.1. The second-order valence-corrected chi connectivity index (χ2v) is 7.33. The summed E-state index contributed by atoms with van der Waals surface area (Å²) in [6, 6.07) is 19.0. The van der Waals surface area contributed by atoms with Crippen LogP contribution in [0.1, 0.15) is 24.0 Å². The van der Waals surface area contributed by atoms with Crippen LogP contribution in [0.3, 0.4) is 0 Å². The molecule has 6 nitrogen and oxygen atoms in total. The van der Waals surface area contributed by atoms with E-state index < -0.39 is 0 Å². The van der Waals surface area contributed by atoms with Crippen LogP contribution >= 0.6 is 0 Å². The molecule has 1 aromatic heterocycles. The minimum Gasteiger partial charge on any atom is -0.388 e. The zero-order chi connectivity index (χ0) is 21.3. The van der Waals surface area contributed by atoms with Gasteiger partial charge in [0.1, 0.15) is 0 Å². The lowest BCUT2D eigenvalue weighted by Gasteiger charge is -2.09. The second-order valence-electron chi connectivity index (χ2n) is 7.33. The Morgan fingerprint density at radius 2 is 1.40 bits per heavy atom. The zero-order valence-corrected chi connectivity index (χ0v) is 17.0. The number of amidine groups is 1. The Bertz CT molecular complexity index is 949. The normalized spacial score (nSPS) is 10.5. The highest BCUT2D eigenvalue weighted by Gasteiger charge is 2.05. The van der Waals surface area contributed by atoms with Gasteiger partial charge in [0.15, 0.2) is 5.96 Å². The molecule has 1 heterocycles. The maximum Gasteiger partial charge on any atom is 0.185 e. The van der Waals surface area contributed by atoms with Crippen molar-refractivity contribution in [3.8, 4) is 22.3 Å². The van der Waals surface area contributed by atoms with Gasteiger partial charge < -0.3 is 16.8 Å². The fourth-order valence-corrected chi connectivity index (χ4v) is 3.39. The summed E-state index contributed by atoms with van der Waals surface area (Å²) in [5, 5.41) is 17.5. The predicted octanol–water partition coefficient (Wildman–Crippen LogP) is 3.70. The number of nitrogens with two attached hydrogens (primary N) is 2. The standard InChI is InChI=1S/C24H28N6/c25-23(26)9-3-6-17-4-1-7-19(12-17)21-14-22(16-29-15-21)20-8-2-5-18(13-20)10-11-30-24(27)28/h1-2,4-5,7-8,12-16H,3,6,9-11H2,(H3,25,26)(H4,27,28,30). The first kappa shape index (κ1) is 21.0. The van der Waals surface area contributed by atoms with Gasteiger partial charge in [-0.1, -0.05) is 48.5 Å². The second kappa shape index (κ2) is 10.2. The maximum absolute atomic E-state index is 7.36. The summed E-state index contributed by atoms with van der Waals surface area (Å²) in [6.45, 7) is 0.632. The van der Waals surface area contributed by atoms with Crippen LogP contribution in [0.5, 0.6) is 0 Å². The van der Waals surface area contributed by atoms with E-state index in [4.69, 9.17) is 22.3 Å². The Labute approximate surface area is 177 Å². The van der Waals surface area contributed by atoms with E-state index in [0.717, 1.165) is 41.5 Å². The van der Waals surface area contributed by atoms with Crippen LogP contribution in [0.4, 0.5) is 0 Å². The minimum atomic E-state index is -0.00780. The number of hydrogen-bond acceptors (Lipinski definition) is 3. The first-order valence-corrected chi connectivity index (χ1v) is 10.1. The van der Waals surface area contributed by atoms with Crippen LogP contribution in [0.25, 0.3) is 22.3 Å². The Balaban J connectivity index is 1.76. The topological polar surface area (TPSA) is 125 Å². The molecule has 0 fully saturated rings. The number of aromatic nitrogens is 1. The SMILES string of the molecule is N=C(N)CCCc1cccc(-c2cncc(-c3cccc(CCNC(=N)N)c3)c2)c1. The number of nitrogens with one attached hydrogen (secondary N) is 3. The van der Waals surface area contributed by atoms with Gasteiger partial charge in [-0.3, -0.25) is 15.8 Å². The van der Waals surface area contributed by atoms with E-state index in [2.05, 4.69) is 58.8 Å². The highest BCUT2D eigenvalue weighted by molar-refractivity contribution is 5.77. The Morgan fingerprint density at radius 3 is 1.97 bits per heavy atom. The summed E-state index contributed by atoms with van der Waals surface area (Å²) in [4.78, 5) is 4.47. The molecule has 2 aromatic carbocycles. The largest absolute Gasteiger partial charge is 0.388 e. The molecule has 0 radical (unpaired) electrons. The van der Waals surface area contributed by atoms with E-state index in [1.54, 1.807) is 0 Å². The number of guanidine groups is 1. The third-order valence-electron chi connectivity index (χ3n) is 4.90. The third-order valence-corrected chi connectivity index (χ3v) is 4.90. The van der Waals surface area contributed by atoms with Crippen molar-refractivity contribution in [3.05, 3.63) is 78.1 Å². The van der Waals surface area contributed by atoms with E-state index in [1.807, 2.05) is 18.5 Å². The van der Waals surface area contributed by atoms with Crippen molar-refractivity contribution < 1.29 is 0 Å². The summed E-state index contributed by atoms with van der Waals surface area (Å²) in [6.07, 6.45) is 6.97. The zero-order valence-electron chi connectivity index (χ0n) is 17.0. The summed E-state index contributed by atoms with van der Waals surface area (Å²) >= 11 is 0. The van der Waals surface area contributed by atoms with Crippen LogP contribution in [0, 0.1) is 10.8 Å². The van der Waals surface area contributed by atoms with Crippen molar-refractivity contribution in [2.45, 2.75) is 25.7 Å². The van der Waals surface area contributed by atoms with Crippen molar-refractivity contribution in [1.29, 1.82) is 10.8 Å². The Morgan fingerprint density at radius 1 is 0.800 bits per heavy atom. The van der Waals surface area contributed by atoms with Crippen LogP contribution < -0.4 is 16.8 Å². The van der Waals surface area contributed by atoms with Crippen molar-refractivity contribution in [2.24, 2.45) is 11.5 Å². The summed E-state index contributed by atoms with van der Waals surface area (Å²) in [5.74, 6) is 0.231. The molecule has 3 rings (SSSR count). The predicted molar refractivity (Wildman–Crippen MR) is 124 cm³/mol. The van der Waals surface area contributed by atoms with E-state index in [0.29, 0.717) is 13.0 Å². The van der Waals surface area contributed by atoms with Gasteiger partial charge in [-0.2, -0.15) is 0 Å². The van der Waals surface area contributed by atoms with E-state index in [-0.39, 0.29) is 11.8 Å². The average Bonchev–Trinajstić information content (AvgIpc) is 2.74. The first-order chi connectivity index (χ1) is 14.5. The van der Waals surface area contributed by atoms with Crippen LogP contribution in [-0.2, 0) is 12.8 Å². The van der Waals surface area contributed by atoms with Crippen LogP contribution in [0.2, 0.25) is 0 Å². The molecule has 3 aromatic rings. The van der Waals surface area contributed by atoms with Crippen molar-refractivity contribution in [3.63, 3.8) is 0 Å². The number of pyridine rings is 1. The number of nitrogens with zero attached hydrogens (tertiary/aromatic N) is 1. The number of benzene rings is 2. The molecule has 0 bridgehead atoms. The quantitative estimate of drug-likeness (QED) is 0.277. The lowest BCUT2D eigenvalue weighted by atomic mass is 9.98. The Kier molecular flexibility index (Phi) is 7.16. The van der Waals surface area contributed by atoms with Gasteiger partial charge in [0.2, 0.25) is 0 Å². The van der Waals surface area contributed by atoms with E-state index >= 15 is 0 Å². The third kappa shape index (κ3) is 6.17. The summed E-state index contributed by atoms with van der Waals surface area (Å²) < 4.78 is 0. The molecule has 0 aliphatic rings. The molecule has 0 aliphatic heterocycles. The lowest BCUT2D eigenvalue weighted by Crippen LogP contribution is -2.31. The average molecular weight is 401 g/mol. The van der Waals surface area contributed by atoms with Crippen molar-refractivity contribution >= 4 is 11.8 Å². The molecular formula is C24H28N6. The number of aryl methyl sites for hydroxylation is 1. The van der Waals surface area contributed by atoms with Gasteiger partial charge in [0.05, 0.1) is 5.84 Å². The maximum atomic E-state index is 7.36. The minimum absolute atomic E-state index is 0.00780. The van der Waals surface area contributed by atoms with Gasteiger partial charge in [-0.15, -0.1) is 0 Å². The van der Waals surface area contributed by atoms with E-state index in [9.17, 15) is 0 Å². The number of rotatable bonds is 9. The highest BCUT2D eigenvalue weighted by atomic mass is 15.0. The lowest BCUT2D eigenvalue weighted by molar-refractivity contribution is 0.854. The molecule has 0 spiro atoms. The smallest absolute Gasteiger partial charge is 0.185 e. The van der Waals surface area contributed by atoms with Crippen LogP contribution in [-0.4, -0.2) is 23.3 Å². The van der Waals surface area contributed by atoms with Gasteiger partial charge >= 0.3 is 0 Å². The fourth-order valence-electron chi connectivity index (χ4n) is 3.39. The molecule has 30 heavy (non-hydrogen) atoms. The van der Waals surface area contributed by atoms with Gasteiger partial charge in [0, 0.05) is 36.5 Å². The summed E-state index contributed by atoms with van der Waals surface area (Å²) in [5.41, 5.74) is 17.6. The van der Waals surface area contributed by atoms with Gasteiger partial charge in [-0.05, 0) is 47.6 Å².